The number of benzene rings is 5. The number of aliphatic hydroxyl groups excluding tert-OH is 1. The molecule has 3 heteroatoms. The van der Waals surface area contributed by atoms with Crippen LogP contribution in [0.15, 0.2) is 146 Å². The maximum atomic E-state index is 12.7. The Morgan fingerprint density at radius 2 is 0.971 bits per heavy atom. The van der Waals surface area contributed by atoms with Gasteiger partial charge in [0.2, 0.25) is 0 Å². The summed E-state index contributed by atoms with van der Waals surface area (Å²) in [5, 5.41) is 10.4. The normalized spacial score (nSPS) is 11.0. The molecule has 0 aliphatic rings. The third kappa shape index (κ3) is 6.53. The monoisotopic (exact) mass is 458 g/mol. The molecule has 3 nitrogen and oxygen atoms in total. The van der Waals surface area contributed by atoms with E-state index >= 15 is 0 Å². The second kappa shape index (κ2) is 12.1. The van der Waals surface area contributed by atoms with Crippen LogP contribution in [0.3, 0.4) is 0 Å². The van der Waals surface area contributed by atoms with Crippen molar-refractivity contribution in [3.63, 3.8) is 0 Å². The molecule has 0 aliphatic heterocycles. The van der Waals surface area contributed by atoms with Gasteiger partial charge in [0.15, 0.2) is 5.78 Å². The van der Waals surface area contributed by atoms with Crippen molar-refractivity contribution in [1.29, 1.82) is 0 Å². The van der Waals surface area contributed by atoms with E-state index in [1.165, 1.54) is 0 Å². The number of rotatable bonds is 6. The van der Waals surface area contributed by atoms with Gasteiger partial charge in [-0.3, -0.25) is 4.79 Å². The number of aliphatic hydroxyl groups is 1. The maximum Gasteiger partial charge on any atom is 0.196 e. The van der Waals surface area contributed by atoms with Crippen LogP contribution >= 0.6 is 0 Å². The Kier molecular flexibility index (Phi) is 8.20. The number of para-hydroxylation sites is 2. The Morgan fingerprint density at radius 3 is 1.51 bits per heavy atom. The second-order valence-electron chi connectivity index (χ2n) is 7.82. The van der Waals surface area contributed by atoms with Crippen molar-refractivity contribution in [1.82, 2.24) is 0 Å². The van der Waals surface area contributed by atoms with Crippen LogP contribution in [0.2, 0.25) is 0 Å². The van der Waals surface area contributed by atoms with Gasteiger partial charge >= 0.3 is 0 Å². The highest BCUT2D eigenvalue weighted by Crippen LogP contribution is 2.27. The Bertz CT molecular complexity index is 1280. The molecular weight excluding hydrogens is 432 g/mol. The summed E-state index contributed by atoms with van der Waals surface area (Å²) in [5.41, 5.74) is 2.94. The molecular formula is C32H26O3. The zero-order chi connectivity index (χ0) is 24.3. The van der Waals surface area contributed by atoms with Crippen molar-refractivity contribution < 1.29 is 14.6 Å². The summed E-state index contributed by atoms with van der Waals surface area (Å²) in [6.45, 7) is 0. The van der Waals surface area contributed by atoms with Crippen molar-refractivity contribution in [2.75, 3.05) is 0 Å². The summed E-state index contributed by atoms with van der Waals surface area (Å²) in [5.74, 6) is 1.45. The molecule has 0 heterocycles. The van der Waals surface area contributed by atoms with E-state index in [0.29, 0.717) is 11.1 Å². The molecule has 0 aliphatic carbocycles. The lowest BCUT2D eigenvalue weighted by Crippen LogP contribution is -2.13. The fourth-order valence-corrected chi connectivity index (χ4v) is 3.61. The minimum atomic E-state index is -1.15. The summed E-state index contributed by atoms with van der Waals surface area (Å²) in [6, 6.07) is 45.6. The standard InChI is InChI=1S/C20H16O2.C12H10O/c21-19(16-11-5-2-6-12-16)20(22)18-14-8-7-13-17(18)15-9-3-1-4-10-15;1-3-7-11(8-4-1)13-12-9-5-2-6-10-12/h1-14,19,21H;1-10H. The highest BCUT2D eigenvalue weighted by Gasteiger charge is 2.21. The van der Waals surface area contributed by atoms with Gasteiger partial charge in [-0.2, -0.15) is 0 Å². The molecule has 0 radical (unpaired) electrons. The first-order valence-electron chi connectivity index (χ1n) is 11.4. The molecule has 0 saturated heterocycles. The largest absolute Gasteiger partial charge is 0.457 e. The average molecular weight is 459 g/mol. The second-order valence-corrected chi connectivity index (χ2v) is 7.82. The van der Waals surface area contributed by atoms with E-state index < -0.39 is 6.10 Å². The topological polar surface area (TPSA) is 46.5 Å². The van der Waals surface area contributed by atoms with Crippen LogP contribution in [0.5, 0.6) is 11.5 Å². The van der Waals surface area contributed by atoms with E-state index in [0.717, 1.165) is 22.6 Å². The Balaban J connectivity index is 0.000000189. The number of carbonyl (C=O) groups is 1. The predicted molar refractivity (Wildman–Crippen MR) is 141 cm³/mol. The Hall–Kier alpha value is -4.47. The van der Waals surface area contributed by atoms with Gasteiger partial charge in [0.1, 0.15) is 17.6 Å². The zero-order valence-electron chi connectivity index (χ0n) is 19.2. The quantitative estimate of drug-likeness (QED) is 0.265. The van der Waals surface area contributed by atoms with E-state index in [9.17, 15) is 9.90 Å². The molecule has 0 bridgehead atoms. The smallest absolute Gasteiger partial charge is 0.196 e. The van der Waals surface area contributed by atoms with Crippen molar-refractivity contribution >= 4 is 5.78 Å². The van der Waals surface area contributed by atoms with Gasteiger partial charge in [0, 0.05) is 5.56 Å². The summed E-state index contributed by atoms with van der Waals surface area (Å²) in [6.07, 6.45) is -1.15. The molecule has 172 valence electrons. The van der Waals surface area contributed by atoms with E-state index in [1.54, 1.807) is 18.2 Å². The van der Waals surface area contributed by atoms with Gasteiger partial charge in [-0.25, -0.2) is 0 Å². The number of hydrogen-bond acceptors (Lipinski definition) is 3. The fraction of sp³-hybridized carbons (Fsp3) is 0.0312. The molecule has 1 unspecified atom stereocenters. The number of carbonyl (C=O) groups excluding carboxylic acids is 1. The number of Topliss-reactive ketones (excluding diaryl/α,β-unsaturated/α-hetero) is 1. The lowest BCUT2D eigenvalue weighted by atomic mass is 9.93. The van der Waals surface area contributed by atoms with Crippen LogP contribution in [0.1, 0.15) is 22.0 Å². The maximum absolute atomic E-state index is 12.7. The zero-order valence-corrected chi connectivity index (χ0v) is 19.2. The molecule has 1 N–H and O–H groups in total. The van der Waals surface area contributed by atoms with E-state index in [2.05, 4.69) is 0 Å². The van der Waals surface area contributed by atoms with Crippen LogP contribution in [-0.2, 0) is 0 Å². The van der Waals surface area contributed by atoms with Gasteiger partial charge in [-0.15, -0.1) is 0 Å². The Labute approximate surface area is 205 Å². The lowest BCUT2D eigenvalue weighted by Gasteiger charge is -2.13. The molecule has 35 heavy (non-hydrogen) atoms. The number of ether oxygens (including phenoxy) is 1. The SMILES string of the molecule is O=C(c1ccccc1-c1ccccc1)C(O)c1ccccc1.c1ccc(Oc2ccccc2)cc1. The van der Waals surface area contributed by atoms with Crippen LogP contribution in [0, 0.1) is 0 Å². The molecule has 5 aromatic rings. The molecule has 0 amide bonds. The minimum absolute atomic E-state index is 0.286. The highest BCUT2D eigenvalue weighted by atomic mass is 16.5. The molecule has 5 rings (SSSR count). The highest BCUT2D eigenvalue weighted by molar-refractivity contribution is 6.05. The first-order valence-corrected chi connectivity index (χ1v) is 11.4. The summed E-state index contributed by atoms with van der Waals surface area (Å²) in [4.78, 5) is 12.7. The summed E-state index contributed by atoms with van der Waals surface area (Å²) in [7, 11) is 0. The lowest BCUT2D eigenvalue weighted by molar-refractivity contribution is 0.0748. The molecule has 0 aromatic heterocycles. The number of ketones is 1. The molecule has 1 atom stereocenters. The third-order valence-electron chi connectivity index (χ3n) is 5.36. The van der Waals surface area contributed by atoms with Gasteiger partial charge in [-0.05, 0) is 41.0 Å². The van der Waals surface area contributed by atoms with Crippen molar-refractivity contribution in [3.05, 3.63) is 157 Å². The van der Waals surface area contributed by atoms with Crippen LogP contribution < -0.4 is 4.74 Å². The fourth-order valence-electron chi connectivity index (χ4n) is 3.61. The molecule has 0 fully saturated rings. The Morgan fingerprint density at radius 1 is 0.543 bits per heavy atom. The number of hydrogen-bond donors (Lipinski definition) is 1. The van der Waals surface area contributed by atoms with Crippen molar-refractivity contribution in [2.24, 2.45) is 0 Å². The van der Waals surface area contributed by atoms with Crippen LogP contribution in [-0.4, -0.2) is 10.9 Å². The summed E-state index contributed by atoms with van der Waals surface area (Å²) >= 11 is 0. The third-order valence-corrected chi connectivity index (χ3v) is 5.36. The van der Waals surface area contributed by atoms with E-state index in [4.69, 9.17) is 4.74 Å². The summed E-state index contributed by atoms with van der Waals surface area (Å²) < 4.78 is 5.58. The molecule has 0 spiro atoms. The molecule has 0 saturated carbocycles. The van der Waals surface area contributed by atoms with Crippen LogP contribution in [0.4, 0.5) is 0 Å². The van der Waals surface area contributed by atoms with Gasteiger partial charge in [0.05, 0.1) is 0 Å². The van der Waals surface area contributed by atoms with Gasteiger partial charge < -0.3 is 9.84 Å². The van der Waals surface area contributed by atoms with Crippen molar-refractivity contribution in [3.8, 4) is 22.6 Å². The van der Waals surface area contributed by atoms with Crippen molar-refractivity contribution in [2.45, 2.75) is 6.10 Å². The van der Waals surface area contributed by atoms with E-state index in [1.807, 2.05) is 127 Å². The average Bonchev–Trinajstić information content (AvgIpc) is 2.95. The van der Waals surface area contributed by atoms with Gasteiger partial charge in [-0.1, -0.05) is 121 Å². The first-order chi connectivity index (χ1) is 17.2. The predicted octanol–water partition coefficient (Wildman–Crippen LogP) is 7.75. The minimum Gasteiger partial charge on any atom is -0.457 e. The van der Waals surface area contributed by atoms with Gasteiger partial charge in [0.25, 0.3) is 0 Å². The first kappa shape index (κ1) is 23.7. The van der Waals surface area contributed by atoms with E-state index in [-0.39, 0.29) is 5.78 Å². The molecule has 5 aromatic carbocycles. The van der Waals surface area contributed by atoms with Crippen LogP contribution in [0.25, 0.3) is 11.1 Å².